The molecular weight excluding hydrogens is 280 g/mol. The summed E-state index contributed by atoms with van der Waals surface area (Å²) in [5.74, 6) is -1.42. The van der Waals surface area contributed by atoms with Gasteiger partial charge in [0.25, 0.3) is 5.91 Å². The lowest BCUT2D eigenvalue weighted by atomic mass is 10.0. The van der Waals surface area contributed by atoms with E-state index in [1.54, 1.807) is 16.8 Å². The Kier molecular flexibility index (Phi) is 4.73. The van der Waals surface area contributed by atoms with E-state index >= 15 is 0 Å². The third-order valence-corrected chi connectivity index (χ3v) is 3.92. The van der Waals surface area contributed by atoms with E-state index in [1.807, 2.05) is 0 Å². The Bertz CT molecular complexity index is 500. The monoisotopic (exact) mass is 296 g/mol. The molecule has 1 atom stereocenters. The zero-order chi connectivity index (χ0) is 14.5. The molecule has 1 unspecified atom stereocenters. The molecular formula is C13H16N2O4S. The third-order valence-electron chi connectivity index (χ3n) is 3.24. The Labute approximate surface area is 120 Å². The van der Waals surface area contributed by atoms with E-state index in [0.717, 1.165) is 12.8 Å². The Morgan fingerprint density at radius 1 is 1.40 bits per heavy atom. The lowest BCUT2D eigenvalue weighted by molar-refractivity contribution is -0.143. The molecule has 1 aromatic rings. The fraction of sp³-hybridized carbons (Fsp3) is 0.462. The molecule has 2 rings (SSSR count). The first-order valence-electron chi connectivity index (χ1n) is 6.37. The highest BCUT2D eigenvalue weighted by Crippen LogP contribution is 2.17. The maximum Gasteiger partial charge on any atom is 0.339 e. The average Bonchev–Trinajstić information content (AvgIpc) is 2.98. The molecule has 0 bridgehead atoms. The van der Waals surface area contributed by atoms with Gasteiger partial charge in [0.1, 0.15) is 6.04 Å². The van der Waals surface area contributed by atoms with Gasteiger partial charge in [0, 0.05) is 11.9 Å². The number of thiophene rings is 1. The number of hydrogen-bond donors (Lipinski definition) is 1. The maximum atomic E-state index is 12.0. The molecule has 1 fully saturated rings. The number of nitrogens with two attached hydrogens (primary N) is 1. The standard InChI is InChI=1S/C13H16N2O4S/c14-12(17)10-3-1-2-5-15(10)11(16)7-19-13(18)9-4-6-20-8-9/h4,6,8,10H,1-3,5,7H2,(H2,14,17). The smallest absolute Gasteiger partial charge is 0.339 e. The van der Waals surface area contributed by atoms with Gasteiger partial charge in [-0.15, -0.1) is 0 Å². The Morgan fingerprint density at radius 2 is 2.20 bits per heavy atom. The molecule has 2 heterocycles. The maximum absolute atomic E-state index is 12.0. The summed E-state index contributed by atoms with van der Waals surface area (Å²) >= 11 is 1.38. The lowest BCUT2D eigenvalue weighted by Crippen LogP contribution is -2.51. The zero-order valence-corrected chi connectivity index (χ0v) is 11.7. The van der Waals surface area contributed by atoms with Crippen molar-refractivity contribution in [3.05, 3.63) is 22.4 Å². The largest absolute Gasteiger partial charge is 0.452 e. The summed E-state index contributed by atoms with van der Waals surface area (Å²) in [5.41, 5.74) is 5.71. The Hall–Kier alpha value is -1.89. The highest BCUT2D eigenvalue weighted by molar-refractivity contribution is 7.08. The van der Waals surface area contributed by atoms with Crippen molar-refractivity contribution in [1.29, 1.82) is 0 Å². The second-order valence-electron chi connectivity index (χ2n) is 4.59. The van der Waals surface area contributed by atoms with Crippen LogP contribution in [0.2, 0.25) is 0 Å². The first-order valence-corrected chi connectivity index (χ1v) is 7.32. The summed E-state index contributed by atoms with van der Waals surface area (Å²) in [7, 11) is 0. The van der Waals surface area contributed by atoms with Crippen LogP contribution < -0.4 is 5.73 Å². The number of nitrogens with zero attached hydrogens (tertiary/aromatic N) is 1. The SMILES string of the molecule is NC(=O)C1CCCCN1C(=O)COC(=O)c1ccsc1. The van der Waals surface area contributed by atoms with Gasteiger partial charge in [-0.3, -0.25) is 9.59 Å². The molecule has 1 aliphatic heterocycles. The first kappa shape index (κ1) is 14.5. The van der Waals surface area contributed by atoms with E-state index in [-0.39, 0.29) is 12.5 Å². The molecule has 1 saturated heterocycles. The van der Waals surface area contributed by atoms with E-state index in [4.69, 9.17) is 10.5 Å². The molecule has 20 heavy (non-hydrogen) atoms. The van der Waals surface area contributed by atoms with Crippen molar-refractivity contribution < 1.29 is 19.1 Å². The molecule has 0 spiro atoms. The molecule has 0 aliphatic carbocycles. The number of carbonyl (C=O) groups excluding carboxylic acids is 3. The van der Waals surface area contributed by atoms with Crippen molar-refractivity contribution in [2.75, 3.05) is 13.2 Å². The summed E-state index contributed by atoms with van der Waals surface area (Å²) < 4.78 is 4.95. The zero-order valence-electron chi connectivity index (χ0n) is 10.9. The third kappa shape index (κ3) is 3.36. The predicted octanol–water partition coefficient (Wildman–Crippen LogP) is 0.771. The van der Waals surface area contributed by atoms with Gasteiger partial charge in [0.15, 0.2) is 6.61 Å². The minimum Gasteiger partial charge on any atom is -0.452 e. The number of hydrogen-bond acceptors (Lipinski definition) is 5. The van der Waals surface area contributed by atoms with Gasteiger partial charge in [-0.25, -0.2) is 4.79 Å². The second kappa shape index (κ2) is 6.51. The molecule has 1 aliphatic rings. The molecule has 0 saturated carbocycles. The fourth-order valence-electron chi connectivity index (χ4n) is 2.20. The van der Waals surface area contributed by atoms with Gasteiger partial charge >= 0.3 is 5.97 Å². The quantitative estimate of drug-likeness (QED) is 0.831. The molecule has 7 heteroatoms. The predicted molar refractivity (Wildman–Crippen MR) is 73.1 cm³/mol. The number of piperidine rings is 1. The summed E-state index contributed by atoms with van der Waals surface area (Å²) in [5, 5.41) is 3.41. The highest BCUT2D eigenvalue weighted by Gasteiger charge is 2.30. The van der Waals surface area contributed by atoms with Crippen molar-refractivity contribution in [2.24, 2.45) is 5.73 Å². The topological polar surface area (TPSA) is 89.7 Å². The molecule has 6 nitrogen and oxygen atoms in total. The number of rotatable bonds is 4. The molecule has 0 aromatic carbocycles. The van der Waals surface area contributed by atoms with Crippen molar-refractivity contribution in [2.45, 2.75) is 25.3 Å². The van der Waals surface area contributed by atoms with Crippen LogP contribution in [0.4, 0.5) is 0 Å². The first-order chi connectivity index (χ1) is 9.59. The van der Waals surface area contributed by atoms with Gasteiger partial charge in [0.05, 0.1) is 5.56 Å². The molecule has 1 aromatic heterocycles. The van der Waals surface area contributed by atoms with Crippen molar-refractivity contribution in [3.63, 3.8) is 0 Å². The number of likely N-dealkylation sites (tertiary alicyclic amines) is 1. The minimum atomic E-state index is -0.587. The van der Waals surface area contributed by atoms with Crippen molar-refractivity contribution in [3.8, 4) is 0 Å². The highest BCUT2D eigenvalue weighted by atomic mass is 32.1. The number of esters is 1. The second-order valence-corrected chi connectivity index (χ2v) is 5.37. The van der Waals surface area contributed by atoms with Gasteiger partial charge < -0.3 is 15.4 Å². The van der Waals surface area contributed by atoms with Crippen LogP contribution in [0.3, 0.4) is 0 Å². The van der Waals surface area contributed by atoms with Crippen LogP contribution in [-0.2, 0) is 14.3 Å². The summed E-state index contributed by atoms with van der Waals surface area (Å²) in [6, 6.07) is 1.04. The summed E-state index contributed by atoms with van der Waals surface area (Å²) in [6.07, 6.45) is 2.26. The average molecular weight is 296 g/mol. The van der Waals surface area contributed by atoms with Gasteiger partial charge in [-0.1, -0.05) is 0 Å². The number of carbonyl (C=O) groups is 3. The Morgan fingerprint density at radius 3 is 2.85 bits per heavy atom. The molecule has 0 radical (unpaired) electrons. The minimum absolute atomic E-state index is 0.363. The fourth-order valence-corrected chi connectivity index (χ4v) is 2.83. The van der Waals surface area contributed by atoms with Crippen LogP contribution in [0.1, 0.15) is 29.6 Å². The van der Waals surface area contributed by atoms with E-state index < -0.39 is 17.9 Å². The van der Waals surface area contributed by atoms with Crippen molar-refractivity contribution in [1.82, 2.24) is 4.90 Å². The van der Waals surface area contributed by atoms with E-state index in [1.165, 1.54) is 16.2 Å². The number of primary amides is 1. The number of ether oxygens (including phenoxy) is 1. The van der Waals surface area contributed by atoms with Crippen LogP contribution >= 0.6 is 11.3 Å². The van der Waals surface area contributed by atoms with E-state index in [2.05, 4.69) is 0 Å². The van der Waals surface area contributed by atoms with Gasteiger partial charge in [-0.05, 0) is 30.7 Å². The van der Waals surface area contributed by atoms with Gasteiger partial charge in [0.2, 0.25) is 5.91 Å². The van der Waals surface area contributed by atoms with Gasteiger partial charge in [-0.2, -0.15) is 11.3 Å². The molecule has 108 valence electrons. The van der Waals surface area contributed by atoms with E-state index in [9.17, 15) is 14.4 Å². The van der Waals surface area contributed by atoms with Crippen LogP contribution in [-0.4, -0.2) is 41.9 Å². The van der Waals surface area contributed by atoms with Crippen LogP contribution in [0.5, 0.6) is 0 Å². The van der Waals surface area contributed by atoms with Crippen LogP contribution in [0.15, 0.2) is 16.8 Å². The van der Waals surface area contributed by atoms with Crippen LogP contribution in [0.25, 0.3) is 0 Å². The van der Waals surface area contributed by atoms with E-state index in [0.29, 0.717) is 18.5 Å². The number of amides is 2. The Balaban J connectivity index is 1.90. The van der Waals surface area contributed by atoms with Crippen LogP contribution in [0, 0.1) is 0 Å². The molecule has 2 amide bonds. The summed E-state index contributed by atoms with van der Waals surface area (Å²) in [6.45, 7) is 0.112. The lowest BCUT2D eigenvalue weighted by Gasteiger charge is -2.33. The summed E-state index contributed by atoms with van der Waals surface area (Å²) in [4.78, 5) is 36.4. The molecule has 2 N–H and O–H groups in total. The normalized spacial score (nSPS) is 18.6. The van der Waals surface area contributed by atoms with Crippen molar-refractivity contribution >= 4 is 29.1 Å².